The van der Waals surface area contributed by atoms with Gasteiger partial charge in [-0.3, -0.25) is 14.3 Å². The normalized spacial score (nSPS) is 34.1. The fourth-order valence-electron chi connectivity index (χ4n) is 1.89. The predicted molar refractivity (Wildman–Crippen MR) is 58.9 cm³/mol. The van der Waals surface area contributed by atoms with Gasteiger partial charge in [-0.05, 0) is 0 Å². The molecule has 2 heterocycles. The Morgan fingerprint density at radius 3 is 2.68 bits per heavy atom. The number of aromatic amines is 1. The molecule has 0 aromatic carbocycles. The van der Waals surface area contributed by atoms with Crippen molar-refractivity contribution in [2.45, 2.75) is 24.0 Å². The summed E-state index contributed by atoms with van der Waals surface area (Å²) in [6.07, 6.45) is -3.61. The highest BCUT2D eigenvalue weighted by molar-refractivity contribution is 5.14. The van der Waals surface area contributed by atoms with E-state index in [-0.39, 0.29) is 0 Å². The van der Waals surface area contributed by atoms with Crippen molar-refractivity contribution < 1.29 is 20.1 Å². The molecule has 4 N–H and O–H groups in total. The average Bonchev–Trinajstić information content (AvgIpc) is 2.64. The Bertz CT molecular complexity index is 631. The van der Waals surface area contributed by atoms with Gasteiger partial charge in [0, 0.05) is 12.3 Å². The van der Waals surface area contributed by atoms with Gasteiger partial charge in [-0.1, -0.05) is 0 Å². The van der Waals surface area contributed by atoms with E-state index in [1.54, 1.807) is 6.07 Å². The van der Waals surface area contributed by atoms with Crippen molar-refractivity contribution in [1.82, 2.24) is 9.55 Å². The van der Waals surface area contributed by atoms with Crippen LogP contribution in [0.3, 0.4) is 0 Å². The van der Waals surface area contributed by atoms with E-state index in [9.17, 15) is 19.8 Å². The number of aromatic nitrogens is 2. The molecule has 1 aliphatic rings. The van der Waals surface area contributed by atoms with Crippen LogP contribution in [0.2, 0.25) is 0 Å². The third-order valence-corrected chi connectivity index (χ3v) is 2.97. The van der Waals surface area contributed by atoms with E-state index < -0.39 is 41.9 Å². The van der Waals surface area contributed by atoms with Crippen molar-refractivity contribution in [3.05, 3.63) is 33.1 Å². The average molecular weight is 269 g/mol. The number of nitrogens with one attached hydrogen (secondary N) is 1. The molecule has 1 fully saturated rings. The Labute approximate surface area is 105 Å². The van der Waals surface area contributed by atoms with Crippen LogP contribution in [0, 0.1) is 11.3 Å². The molecule has 19 heavy (non-hydrogen) atoms. The number of H-pyrrole nitrogens is 1. The van der Waals surface area contributed by atoms with Crippen LogP contribution < -0.4 is 11.2 Å². The van der Waals surface area contributed by atoms with Gasteiger partial charge in [0.1, 0.15) is 18.3 Å². The lowest BCUT2D eigenvalue weighted by atomic mass is 9.98. The lowest BCUT2D eigenvalue weighted by Crippen LogP contribution is -2.45. The lowest BCUT2D eigenvalue weighted by Gasteiger charge is -2.21. The first-order valence-corrected chi connectivity index (χ1v) is 5.33. The molecule has 0 saturated carbocycles. The summed E-state index contributed by atoms with van der Waals surface area (Å²) in [6, 6.07) is 2.59. The maximum absolute atomic E-state index is 11.6. The highest BCUT2D eigenvalue weighted by atomic mass is 16.6. The van der Waals surface area contributed by atoms with Crippen molar-refractivity contribution in [3.63, 3.8) is 0 Å². The lowest BCUT2D eigenvalue weighted by molar-refractivity contribution is -0.0948. The van der Waals surface area contributed by atoms with Crippen molar-refractivity contribution in [2.75, 3.05) is 6.61 Å². The summed E-state index contributed by atoms with van der Waals surface area (Å²) in [6.45, 7) is -0.851. The fourth-order valence-corrected chi connectivity index (χ4v) is 1.89. The molecule has 2 rings (SSSR count). The molecule has 1 aromatic rings. The Hall–Kier alpha value is -1.99. The molecule has 1 aromatic heterocycles. The summed E-state index contributed by atoms with van der Waals surface area (Å²) < 4.78 is 5.93. The Kier molecular flexibility index (Phi) is 3.25. The highest BCUT2D eigenvalue weighted by Gasteiger charge is 2.55. The maximum atomic E-state index is 11.6. The number of ether oxygens (including phenoxy) is 1. The standard InChI is InChI=1S/C10H11N3O6/c11-3-10(4-14)7(17)6(16)8(19-10)13-2-1-5(15)12-9(13)18/h1-2,6-8,14,16-17H,4H2,(H,12,15,18)/t6-,7?,8+,10+/m0/s1. The number of aliphatic hydroxyl groups is 3. The molecule has 0 bridgehead atoms. The molecule has 102 valence electrons. The minimum atomic E-state index is -2.01. The van der Waals surface area contributed by atoms with Gasteiger partial charge in [-0.25, -0.2) is 4.79 Å². The van der Waals surface area contributed by atoms with Gasteiger partial charge in [0.15, 0.2) is 6.23 Å². The van der Waals surface area contributed by atoms with E-state index in [0.29, 0.717) is 0 Å². The van der Waals surface area contributed by atoms with Gasteiger partial charge in [-0.15, -0.1) is 0 Å². The Balaban J connectivity index is 2.46. The van der Waals surface area contributed by atoms with Gasteiger partial charge in [-0.2, -0.15) is 5.26 Å². The number of aliphatic hydroxyl groups excluding tert-OH is 3. The number of hydrogen-bond donors (Lipinski definition) is 4. The van der Waals surface area contributed by atoms with E-state index in [0.717, 1.165) is 16.8 Å². The van der Waals surface area contributed by atoms with Crippen molar-refractivity contribution in [1.29, 1.82) is 5.26 Å². The predicted octanol–water partition coefficient (Wildman–Crippen LogP) is -2.96. The zero-order valence-electron chi connectivity index (χ0n) is 9.55. The third kappa shape index (κ3) is 1.96. The number of hydrogen-bond acceptors (Lipinski definition) is 7. The first-order chi connectivity index (χ1) is 8.95. The Morgan fingerprint density at radius 2 is 2.21 bits per heavy atom. The van der Waals surface area contributed by atoms with E-state index in [1.807, 2.05) is 4.98 Å². The topological polar surface area (TPSA) is 149 Å². The minimum absolute atomic E-state index is 0.636. The number of rotatable bonds is 2. The molecule has 0 radical (unpaired) electrons. The van der Waals surface area contributed by atoms with Crippen LogP contribution in [0.25, 0.3) is 0 Å². The van der Waals surface area contributed by atoms with Crippen LogP contribution in [-0.2, 0) is 4.74 Å². The summed E-state index contributed by atoms with van der Waals surface area (Å²) >= 11 is 0. The highest BCUT2D eigenvalue weighted by Crippen LogP contribution is 2.35. The number of nitrogens with zero attached hydrogens (tertiary/aromatic N) is 2. The van der Waals surface area contributed by atoms with Crippen LogP contribution in [0.15, 0.2) is 21.9 Å². The monoisotopic (exact) mass is 269 g/mol. The molecule has 0 aliphatic carbocycles. The van der Waals surface area contributed by atoms with Gasteiger partial charge >= 0.3 is 5.69 Å². The summed E-state index contributed by atoms with van der Waals surface area (Å²) in [7, 11) is 0. The fraction of sp³-hybridized carbons (Fsp3) is 0.500. The van der Waals surface area contributed by atoms with Crippen LogP contribution >= 0.6 is 0 Å². The zero-order chi connectivity index (χ0) is 14.2. The van der Waals surface area contributed by atoms with Crippen molar-refractivity contribution in [3.8, 4) is 6.07 Å². The molecular weight excluding hydrogens is 258 g/mol. The molecule has 0 amide bonds. The van der Waals surface area contributed by atoms with Gasteiger partial charge < -0.3 is 20.1 Å². The summed E-state index contributed by atoms with van der Waals surface area (Å²) in [4.78, 5) is 24.4. The van der Waals surface area contributed by atoms with Crippen molar-refractivity contribution >= 4 is 0 Å². The minimum Gasteiger partial charge on any atom is -0.392 e. The number of nitriles is 1. The summed E-state index contributed by atoms with van der Waals surface area (Å²) in [5.74, 6) is 0. The van der Waals surface area contributed by atoms with E-state index >= 15 is 0 Å². The quantitative estimate of drug-likeness (QED) is 0.448. The second kappa shape index (κ2) is 4.60. The summed E-state index contributed by atoms with van der Waals surface area (Å²) in [5.41, 5.74) is -3.52. The van der Waals surface area contributed by atoms with E-state index in [1.165, 1.54) is 0 Å². The van der Waals surface area contributed by atoms with Crippen molar-refractivity contribution in [2.24, 2.45) is 0 Å². The van der Waals surface area contributed by atoms with Gasteiger partial charge in [0.25, 0.3) is 5.56 Å². The molecule has 4 atom stereocenters. The third-order valence-electron chi connectivity index (χ3n) is 2.97. The first-order valence-electron chi connectivity index (χ1n) is 5.33. The molecule has 9 heteroatoms. The molecule has 9 nitrogen and oxygen atoms in total. The molecule has 1 saturated heterocycles. The van der Waals surface area contributed by atoms with Crippen LogP contribution in [0.1, 0.15) is 6.23 Å². The second-order valence-electron chi connectivity index (χ2n) is 4.12. The molecule has 0 spiro atoms. The largest absolute Gasteiger partial charge is 0.392 e. The van der Waals surface area contributed by atoms with Crippen LogP contribution in [0.5, 0.6) is 0 Å². The first kappa shape index (κ1) is 13.4. The maximum Gasteiger partial charge on any atom is 0.330 e. The smallest absolute Gasteiger partial charge is 0.330 e. The van der Waals surface area contributed by atoms with Crippen LogP contribution in [-0.4, -0.2) is 49.3 Å². The molecular formula is C10H11N3O6. The SMILES string of the molecule is N#C[C@]1(CO)O[C@@H](n2ccc(=O)[nH]c2=O)[C@@H](O)C1O. The molecule has 1 aliphatic heterocycles. The van der Waals surface area contributed by atoms with Gasteiger partial charge in [0.2, 0.25) is 5.60 Å². The molecule has 1 unspecified atom stereocenters. The van der Waals surface area contributed by atoms with Gasteiger partial charge in [0.05, 0.1) is 6.61 Å². The summed E-state index contributed by atoms with van der Waals surface area (Å²) in [5, 5.41) is 37.6. The van der Waals surface area contributed by atoms with Crippen LogP contribution in [0.4, 0.5) is 0 Å². The Morgan fingerprint density at radius 1 is 1.53 bits per heavy atom. The van der Waals surface area contributed by atoms with E-state index in [2.05, 4.69) is 0 Å². The van der Waals surface area contributed by atoms with E-state index in [4.69, 9.17) is 15.1 Å². The second-order valence-corrected chi connectivity index (χ2v) is 4.12. The zero-order valence-corrected chi connectivity index (χ0v) is 9.55.